The van der Waals surface area contributed by atoms with Crippen molar-refractivity contribution in [2.75, 3.05) is 0 Å². The number of carbonyl (C=O) groups is 2. The Bertz CT molecular complexity index is 722. The monoisotopic (exact) mass is 346 g/mol. The first-order chi connectivity index (χ1) is 11.7. The average Bonchev–Trinajstić information content (AvgIpc) is 3.05. The first kappa shape index (κ1) is 17.0. The number of allylic oxidation sites excluding steroid dienone is 1. The second kappa shape index (κ2) is 5.04. The van der Waals surface area contributed by atoms with Crippen LogP contribution in [-0.2, 0) is 14.3 Å². The first-order valence-electron chi connectivity index (χ1n) is 9.19. The molecule has 2 fully saturated rings. The zero-order valence-corrected chi connectivity index (χ0v) is 15.0. The number of carboxylic acids is 1. The van der Waals surface area contributed by atoms with Gasteiger partial charge in [-0.2, -0.15) is 0 Å². The normalized spacial score (nSPS) is 46.3. The highest BCUT2D eigenvalue weighted by atomic mass is 16.6. The molecule has 4 aliphatic rings. The summed E-state index contributed by atoms with van der Waals surface area (Å²) in [6, 6.07) is 0. The highest BCUT2D eigenvalue weighted by Gasteiger charge is 2.65. The Hall–Kier alpha value is -1.46. The Labute approximate surface area is 147 Å². The van der Waals surface area contributed by atoms with Crippen LogP contribution in [0.2, 0.25) is 0 Å². The van der Waals surface area contributed by atoms with E-state index in [4.69, 9.17) is 4.74 Å². The van der Waals surface area contributed by atoms with Gasteiger partial charge in [-0.3, -0.25) is 9.59 Å². The molecule has 0 aromatic rings. The Morgan fingerprint density at radius 2 is 2.08 bits per heavy atom. The van der Waals surface area contributed by atoms with E-state index in [1.165, 1.54) is 5.57 Å². The Kier molecular flexibility index (Phi) is 3.42. The lowest BCUT2D eigenvalue weighted by atomic mass is 9.52. The Balaban J connectivity index is 1.86. The number of hydrogen-bond donors (Lipinski definition) is 2. The van der Waals surface area contributed by atoms with Gasteiger partial charge in [-0.15, -0.1) is 0 Å². The fraction of sp³-hybridized carbons (Fsp3) is 0.700. The van der Waals surface area contributed by atoms with E-state index in [2.05, 4.69) is 6.92 Å². The van der Waals surface area contributed by atoms with Crippen molar-refractivity contribution in [3.05, 3.63) is 22.8 Å². The van der Waals surface area contributed by atoms with Gasteiger partial charge in [0.25, 0.3) is 0 Å². The van der Waals surface area contributed by atoms with E-state index in [1.807, 2.05) is 6.92 Å². The van der Waals surface area contributed by atoms with Crippen LogP contribution in [0, 0.1) is 22.7 Å². The standard InChI is InChI=1S/C20H26O5/c1-11(17(22)23)13-4-5-18(2)6-7-19(3)14(16(13)18)8-15-12(10-21)9-20(19,24)25-15/h9-11,14-15,24H,4-8H2,1-3H3,(H,22,23). The zero-order valence-electron chi connectivity index (χ0n) is 15.0. The van der Waals surface area contributed by atoms with Crippen molar-refractivity contribution in [3.8, 4) is 0 Å². The van der Waals surface area contributed by atoms with Crippen LogP contribution in [0.3, 0.4) is 0 Å². The van der Waals surface area contributed by atoms with Crippen molar-refractivity contribution in [2.45, 2.75) is 64.8 Å². The fourth-order valence-electron chi connectivity index (χ4n) is 5.85. The number of rotatable bonds is 3. The third kappa shape index (κ3) is 2.02. The minimum absolute atomic E-state index is 0.00228. The largest absolute Gasteiger partial charge is 0.481 e. The number of aldehydes is 1. The highest BCUT2D eigenvalue weighted by molar-refractivity contribution is 5.77. The minimum atomic E-state index is -1.44. The summed E-state index contributed by atoms with van der Waals surface area (Å²) in [6.07, 6.45) is 6.13. The molecule has 1 saturated carbocycles. The number of hydrogen-bond acceptors (Lipinski definition) is 4. The van der Waals surface area contributed by atoms with Crippen molar-refractivity contribution in [3.63, 3.8) is 0 Å². The second-order valence-electron chi connectivity index (χ2n) is 8.83. The molecule has 2 N–H and O–H groups in total. The summed E-state index contributed by atoms with van der Waals surface area (Å²) < 4.78 is 5.88. The van der Waals surface area contributed by atoms with Gasteiger partial charge in [0, 0.05) is 11.0 Å². The molecule has 6 unspecified atom stereocenters. The second-order valence-corrected chi connectivity index (χ2v) is 8.83. The third-order valence-corrected chi connectivity index (χ3v) is 7.61. The zero-order chi connectivity index (χ0) is 18.2. The molecular weight excluding hydrogens is 320 g/mol. The van der Waals surface area contributed by atoms with Crippen molar-refractivity contribution in [1.82, 2.24) is 0 Å². The molecule has 25 heavy (non-hydrogen) atoms. The molecule has 0 aromatic carbocycles. The molecule has 4 rings (SSSR count). The number of carboxylic acid groups (broad SMARTS) is 1. The minimum Gasteiger partial charge on any atom is -0.481 e. The van der Waals surface area contributed by atoms with E-state index in [9.17, 15) is 19.8 Å². The van der Waals surface area contributed by atoms with E-state index in [0.29, 0.717) is 12.0 Å². The van der Waals surface area contributed by atoms with Gasteiger partial charge in [0.05, 0.1) is 12.0 Å². The molecular formula is C20H26O5. The topological polar surface area (TPSA) is 83.8 Å². The summed E-state index contributed by atoms with van der Waals surface area (Å²) >= 11 is 0. The van der Waals surface area contributed by atoms with Crippen LogP contribution in [0.15, 0.2) is 22.8 Å². The maximum Gasteiger partial charge on any atom is 0.310 e. The average molecular weight is 346 g/mol. The van der Waals surface area contributed by atoms with Gasteiger partial charge in [0.2, 0.25) is 0 Å². The first-order valence-corrected chi connectivity index (χ1v) is 9.19. The molecule has 2 aliphatic heterocycles. The van der Waals surface area contributed by atoms with Crippen LogP contribution < -0.4 is 0 Å². The van der Waals surface area contributed by atoms with Gasteiger partial charge >= 0.3 is 5.97 Å². The molecule has 0 aromatic heterocycles. The van der Waals surface area contributed by atoms with Crippen molar-refractivity contribution >= 4 is 12.3 Å². The van der Waals surface area contributed by atoms with Crippen LogP contribution >= 0.6 is 0 Å². The molecule has 2 aliphatic carbocycles. The number of aliphatic carboxylic acids is 1. The lowest BCUT2D eigenvalue weighted by Crippen LogP contribution is -2.58. The molecule has 136 valence electrons. The van der Waals surface area contributed by atoms with Crippen LogP contribution in [0.4, 0.5) is 0 Å². The summed E-state index contributed by atoms with van der Waals surface area (Å²) in [5, 5.41) is 20.8. The van der Waals surface area contributed by atoms with Crippen LogP contribution in [-0.4, -0.2) is 34.4 Å². The quantitative estimate of drug-likeness (QED) is 0.606. The summed E-state index contributed by atoms with van der Waals surface area (Å²) in [6.45, 7) is 6.03. The smallest absolute Gasteiger partial charge is 0.310 e. The molecule has 5 heteroatoms. The van der Waals surface area contributed by atoms with E-state index in [1.54, 1.807) is 13.0 Å². The van der Waals surface area contributed by atoms with Gasteiger partial charge in [-0.25, -0.2) is 0 Å². The van der Waals surface area contributed by atoms with Gasteiger partial charge in [-0.1, -0.05) is 25.0 Å². The Morgan fingerprint density at radius 1 is 1.36 bits per heavy atom. The van der Waals surface area contributed by atoms with Gasteiger partial charge in [-0.05, 0) is 56.4 Å². The molecule has 2 heterocycles. The predicted molar refractivity (Wildman–Crippen MR) is 90.6 cm³/mol. The SMILES string of the molecule is CC(C(=O)O)C1=C2C3CC4OC(O)(C=C4C=O)C3(C)CCC2(C)CC1. The van der Waals surface area contributed by atoms with E-state index in [-0.39, 0.29) is 11.3 Å². The lowest BCUT2D eigenvalue weighted by Gasteiger charge is -2.57. The summed E-state index contributed by atoms with van der Waals surface area (Å²) in [4.78, 5) is 23.0. The molecule has 2 bridgehead atoms. The molecule has 5 nitrogen and oxygen atoms in total. The van der Waals surface area contributed by atoms with E-state index in [0.717, 1.165) is 37.5 Å². The number of aliphatic hydroxyl groups is 1. The third-order valence-electron chi connectivity index (χ3n) is 7.61. The van der Waals surface area contributed by atoms with Gasteiger partial charge in [0.1, 0.15) is 6.29 Å². The number of fused-ring (bicyclic) bond motifs is 6. The van der Waals surface area contributed by atoms with E-state index < -0.39 is 29.2 Å². The Morgan fingerprint density at radius 3 is 2.72 bits per heavy atom. The molecule has 6 atom stereocenters. The van der Waals surface area contributed by atoms with Crippen molar-refractivity contribution < 1.29 is 24.5 Å². The van der Waals surface area contributed by atoms with Crippen LogP contribution in [0.1, 0.15) is 52.9 Å². The van der Waals surface area contributed by atoms with Crippen LogP contribution in [0.5, 0.6) is 0 Å². The maximum absolute atomic E-state index is 11.6. The summed E-state index contributed by atoms with van der Waals surface area (Å²) in [7, 11) is 0. The van der Waals surface area contributed by atoms with Crippen LogP contribution in [0.25, 0.3) is 0 Å². The molecule has 0 radical (unpaired) electrons. The lowest BCUT2D eigenvalue weighted by molar-refractivity contribution is -0.288. The van der Waals surface area contributed by atoms with Gasteiger partial charge in [0.15, 0.2) is 5.79 Å². The number of carbonyl (C=O) groups excluding carboxylic acids is 1. The number of ether oxygens (including phenoxy) is 1. The maximum atomic E-state index is 11.6. The van der Waals surface area contributed by atoms with Gasteiger partial charge < -0.3 is 14.9 Å². The van der Waals surface area contributed by atoms with E-state index >= 15 is 0 Å². The van der Waals surface area contributed by atoms with Crippen molar-refractivity contribution in [2.24, 2.45) is 22.7 Å². The van der Waals surface area contributed by atoms with Crippen molar-refractivity contribution in [1.29, 1.82) is 0 Å². The predicted octanol–water partition coefficient (Wildman–Crippen LogP) is 2.84. The molecule has 0 spiro atoms. The molecule has 1 saturated heterocycles. The highest BCUT2D eigenvalue weighted by Crippen LogP contribution is 2.67. The fourth-order valence-corrected chi connectivity index (χ4v) is 5.85. The summed E-state index contributed by atoms with van der Waals surface area (Å²) in [5.74, 6) is -2.69. The molecule has 0 amide bonds. The summed E-state index contributed by atoms with van der Waals surface area (Å²) in [5.41, 5.74) is 2.24.